The van der Waals surface area contributed by atoms with Crippen molar-refractivity contribution in [1.82, 2.24) is 15.4 Å². The SMILES string of the molecule is COc1cc(-c2nn[nH]c2-c2ccc(SC)c(OP(=O)(O)O)c2)cc2c1OCO2.[NaH]. The number of ether oxygens (including phenoxy) is 3. The summed E-state index contributed by atoms with van der Waals surface area (Å²) in [5.74, 6) is 1.60. The van der Waals surface area contributed by atoms with Crippen LogP contribution in [0.2, 0.25) is 0 Å². The molecule has 13 heteroatoms. The average molecular weight is 461 g/mol. The van der Waals surface area contributed by atoms with Gasteiger partial charge in [-0.1, -0.05) is 11.3 Å². The summed E-state index contributed by atoms with van der Waals surface area (Å²) in [7, 11) is -3.19. The maximum absolute atomic E-state index is 11.3. The van der Waals surface area contributed by atoms with Gasteiger partial charge in [0.2, 0.25) is 12.5 Å². The molecule has 2 aromatic carbocycles. The Bertz CT molecular complexity index is 1120. The van der Waals surface area contributed by atoms with Gasteiger partial charge in [0.25, 0.3) is 0 Å². The predicted octanol–water partition coefficient (Wildman–Crippen LogP) is 2.42. The van der Waals surface area contributed by atoms with Gasteiger partial charge in [-0.15, -0.1) is 16.9 Å². The van der Waals surface area contributed by atoms with E-state index in [1.165, 1.54) is 24.9 Å². The number of fused-ring (bicyclic) bond motifs is 1. The molecule has 0 unspecified atom stereocenters. The number of aromatic amines is 1. The zero-order valence-corrected chi connectivity index (χ0v) is 17.0. The molecule has 1 aliphatic rings. The summed E-state index contributed by atoms with van der Waals surface area (Å²) in [6, 6.07) is 8.51. The van der Waals surface area contributed by atoms with Crippen molar-refractivity contribution in [2.45, 2.75) is 4.90 Å². The number of phosphoric acid groups is 1. The third kappa shape index (κ3) is 4.62. The van der Waals surface area contributed by atoms with Gasteiger partial charge in [-0.25, -0.2) is 4.57 Å². The Labute approximate surface area is 197 Å². The first kappa shape index (κ1) is 23.0. The zero-order chi connectivity index (χ0) is 20.6. The van der Waals surface area contributed by atoms with Gasteiger partial charge in [-0.3, -0.25) is 14.9 Å². The summed E-state index contributed by atoms with van der Waals surface area (Å²) in [5, 5.41) is 10.9. The van der Waals surface area contributed by atoms with Gasteiger partial charge in [-0.2, -0.15) is 0 Å². The zero-order valence-electron chi connectivity index (χ0n) is 15.3. The van der Waals surface area contributed by atoms with Crippen LogP contribution in [0.25, 0.3) is 22.5 Å². The number of methoxy groups -OCH3 is 1. The van der Waals surface area contributed by atoms with Crippen molar-refractivity contribution in [1.29, 1.82) is 0 Å². The van der Waals surface area contributed by atoms with Crippen molar-refractivity contribution in [3.8, 4) is 45.5 Å². The Hall–Kier alpha value is -1.72. The third-order valence-electron chi connectivity index (χ3n) is 4.15. The molecule has 2 heterocycles. The van der Waals surface area contributed by atoms with Gasteiger partial charge in [0.05, 0.1) is 12.8 Å². The Balaban J connectivity index is 0.00000256. The molecule has 0 amide bonds. The van der Waals surface area contributed by atoms with E-state index in [9.17, 15) is 14.4 Å². The van der Waals surface area contributed by atoms with Crippen LogP contribution in [0, 0.1) is 0 Å². The first-order valence-electron chi connectivity index (χ1n) is 8.22. The standard InChI is InChI=1S/C17H16N3O7PS.Na.H/c1-24-12-6-10(7-13-17(12)26-8-25-13)16-15(18-20-19-16)9-3-4-14(29-2)11(5-9)27-28(21,22)23;;/h3-7H,8H2,1-2H3,(H,18,19,20)(H2,21,22,23);;. The molecule has 1 aromatic heterocycles. The van der Waals surface area contributed by atoms with Crippen molar-refractivity contribution < 1.29 is 33.1 Å². The van der Waals surface area contributed by atoms with E-state index < -0.39 is 7.82 Å². The fraction of sp³-hybridized carbons (Fsp3) is 0.176. The number of hydrogen-bond acceptors (Lipinski definition) is 8. The summed E-state index contributed by atoms with van der Waals surface area (Å²) in [5.41, 5.74) is 2.29. The predicted molar refractivity (Wildman–Crippen MR) is 112 cm³/mol. The monoisotopic (exact) mass is 461 g/mol. The summed E-state index contributed by atoms with van der Waals surface area (Å²) in [4.78, 5) is 19.0. The fourth-order valence-corrected chi connectivity index (χ4v) is 3.90. The van der Waals surface area contributed by atoms with Crippen LogP contribution in [-0.4, -0.2) is 74.9 Å². The van der Waals surface area contributed by atoms with Crippen LogP contribution in [0.1, 0.15) is 0 Å². The van der Waals surface area contributed by atoms with Crippen LogP contribution < -0.4 is 18.7 Å². The molecule has 0 radical (unpaired) electrons. The molecular weight excluding hydrogens is 444 g/mol. The molecule has 0 atom stereocenters. The van der Waals surface area contributed by atoms with Gasteiger partial charge in [0, 0.05) is 16.0 Å². The van der Waals surface area contributed by atoms with Gasteiger partial charge in [0.15, 0.2) is 11.5 Å². The first-order valence-corrected chi connectivity index (χ1v) is 11.0. The maximum atomic E-state index is 11.3. The second kappa shape index (κ2) is 9.19. The number of hydrogen-bond donors (Lipinski definition) is 3. The third-order valence-corrected chi connectivity index (χ3v) is 5.36. The molecule has 0 aliphatic carbocycles. The number of H-pyrrole nitrogens is 1. The molecule has 0 saturated heterocycles. The molecule has 0 saturated carbocycles. The van der Waals surface area contributed by atoms with E-state index in [0.29, 0.717) is 44.7 Å². The normalized spacial score (nSPS) is 12.4. The fourth-order valence-electron chi connectivity index (χ4n) is 2.93. The van der Waals surface area contributed by atoms with E-state index in [1.54, 1.807) is 30.5 Å². The molecule has 1 aliphatic heterocycles. The van der Waals surface area contributed by atoms with Crippen molar-refractivity contribution in [2.75, 3.05) is 20.2 Å². The Morgan fingerprint density at radius 3 is 2.63 bits per heavy atom. The van der Waals surface area contributed by atoms with Gasteiger partial charge in [0.1, 0.15) is 11.4 Å². The molecule has 0 spiro atoms. The Morgan fingerprint density at radius 1 is 1.17 bits per heavy atom. The van der Waals surface area contributed by atoms with Crippen molar-refractivity contribution in [3.63, 3.8) is 0 Å². The molecule has 30 heavy (non-hydrogen) atoms. The number of aromatic nitrogens is 3. The van der Waals surface area contributed by atoms with Crippen LogP contribution >= 0.6 is 19.6 Å². The molecule has 0 fully saturated rings. The summed E-state index contributed by atoms with van der Waals surface area (Å²) < 4.78 is 32.4. The number of benzene rings is 2. The van der Waals surface area contributed by atoms with E-state index in [4.69, 9.17) is 18.7 Å². The minimum absolute atomic E-state index is 0. The molecule has 10 nitrogen and oxygen atoms in total. The average Bonchev–Trinajstić information content (AvgIpc) is 3.35. The quantitative estimate of drug-likeness (QED) is 0.285. The topological polar surface area (TPSA) is 136 Å². The second-order valence-electron chi connectivity index (χ2n) is 5.90. The van der Waals surface area contributed by atoms with Gasteiger partial charge in [-0.05, 0) is 30.5 Å². The van der Waals surface area contributed by atoms with Crippen LogP contribution in [0.4, 0.5) is 0 Å². The van der Waals surface area contributed by atoms with E-state index in [2.05, 4.69) is 15.4 Å². The summed E-state index contributed by atoms with van der Waals surface area (Å²) in [6.07, 6.45) is 1.78. The summed E-state index contributed by atoms with van der Waals surface area (Å²) in [6.45, 7) is 0.0973. The number of rotatable bonds is 6. The number of nitrogens with zero attached hydrogens (tertiary/aromatic N) is 2. The van der Waals surface area contributed by atoms with Gasteiger partial charge < -0.3 is 18.7 Å². The number of nitrogens with one attached hydrogen (secondary N) is 1. The van der Waals surface area contributed by atoms with E-state index in [-0.39, 0.29) is 42.1 Å². The molecule has 154 valence electrons. The van der Waals surface area contributed by atoms with E-state index >= 15 is 0 Å². The van der Waals surface area contributed by atoms with Crippen molar-refractivity contribution in [2.24, 2.45) is 0 Å². The van der Waals surface area contributed by atoms with E-state index in [0.717, 1.165) is 0 Å². The Kier molecular flexibility index (Phi) is 7.03. The molecular formula is C17H17N3NaO7PS. The van der Waals surface area contributed by atoms with Crippen LogP contribution in [0.15, 0.2) is 35.2 Å². The van der Waals surface area contributed by atoms with Gasteiger partial charge >= 0.3 is 37.4 Å². The van der Waals surface area contributed by atoms with E-state index in [1.807, 2.05) is 0 Å². The van der Waals surface area contributed by atoms with Crippen LogP contribution in [0.5, 0.6) is 23.0 Å². The molecule has 3 N–H and O–H groups in total. The first-order chi connectivity index (χ1) is 13.9. The second-order valence-corrected chi connectivity index (χ2v) is 7.91. The molecule has 3 aromatic rings. The van der Waals surface area contributed by atoms with Crippen molar-refractivity contribution in [3.05, 3.63) is 30.3 Å². The van der Waals surface area contributed by atoms with Crippen molar-refractivity contribution >= 4 is 49.1 Å². The number of phosphoric ester groups is 1. The van der Waals surface area contributed by atoms with Crippen LogP contribution in [0.3, 0.4) is 0 Å². The minimum atomic E-state index is -4.72. The number of thioether (sulfide) groups is 1. The Morgan fingerprint density at radius 2 is 1.93 bits per heavy atom. The summed E-state index contributed by atoms with van der Waals surface area (Å²) >= 11 is 1.30. The molecule has 0 bridgehead atoms. The molecule has 4 rings (SSSR count). The van der Waals surface area contributed by atoms with Crippen LogP contribution in [-0.2, 0) is 4.57 Å².